The van der Waals surface area contributed by atoms with E-state index in [0.717, 1.165) is 12.0 Å². The molecular weight excluding hydrogens is 160 g/mol. The van der Waals surface area contributed by atoms with Crippen molar-refractivity contribution in [2.75, 3.05) is 0 Å². The Morgan fingerprint density at radius 3 is 2.15 bits per heavy atom. The van der Waals surface area contributed by atoms with E-state index in [1.165, 1.54) is 5.56 Å². The van der Waals surface area contributed by atoms with Crippen molar-refractivity contribution in [2.24, 2.45) is 5.92 Å². The minimum absolute atomic E-state index is 0.305. The molecule has 1 aromatic carbocycles. The molecule has 0 amide bonds. The largest absolute Gasteiger partial charge is 0.388 e. The molecule has 1 rings (SSSR count). The van der Waals surface area contributed by atoms with Crippen molar-refractivity contribution in [1.29, 1.82) is 0 Å². The molecule has 0 bridgehead atoms. The zero-order valence-electron chi connectivity index (χ0n) is 8.62. The highest BCUT2D eigenvalue weighted by molar-refractivity contribution is 5.22. The van der Waals surface area contributed by atoms with Crippen LogP contribution in [0.2, 0.25) is 0 Å². The van der Waals surface area contributed by atoms with Crippen LogP contribution in [-0.4, -0.2) is 5.11 Å². The van der Waals surface area contributed by atoms with E-state index < -0.39 is 0 Å². The highest BCUT2D eigenvalue weighted by atomic mass is 16.3. The Labute approximate surface area is 80.4 Å². The van der Waals surface area contributed by atoms with Crippen LogP contribution in [0.1, 0.15) is 37.5 Å². The molecule has 0 aliphatic heterocycles. The zero-order chi connectivity index (χ0) is 9.84. The van der Waals surface area contributed by atoms with Gasteiger partial charge in [-0.15, -0.1) is 0 Å². The summed E-state index contributed by atoms with van der Waals surface area (Å²) in [6.45, 7) is 6.30. The number of aryl methyl sites for hydroxylation is 1. The van der Waals surface area contributed by atoms with Crippen molar-refractivity contribution in [3.8, 4) is 0 Å². The van der Waals surface area contributed by atoms with Crippen LogP contribution in [0.4, 0.5) is 0 Å². The number of rotatable bonds is 3. The third-order valence-corrected chi connectivity index (χ3v) is 2.16. The van der Waals surface area contributed by atoms with E-state index in [-0.39, 0.29) is 6.10 Å². The SMILES string of the molecule is Cc1ccc(C(O)CC(C)C)cc1. The van der Waals surface area contributed by atoms with Gasteiger partial charge in [-0.3, -0.25) is 0 Å². The summed E-state index contributed by atoms with van der Waals surface area (Å²) in [4.78, 5) is 0. The number of benzene rings is 1. The maximum Gasteiger partial charge on any atom is 0.0792 e. The molecule has 72 valence electrons. The van der Waals surface area contributed by atoms with E-state index in [4.69, 9.17) is 0 Å². The summed E-state index contributed by atoms with van der Waals surface area (Å²) in [5, 5.41) is 9.78. The number of hydrogen-bond donors (Lipinski definition) is 1. The minimum atomic E-state index is -0.305. The standard InChI is InChI=1S/C12H18O/c1-9(2)8-12(13)11-6-4-10(3)5-7-11/h4-7,9,12-13H,8H2,1-3H3. The fourth-order valence-corrected chi connectivity index (χ4v) is 1.37. The molecule has 1 unspecified atom stereocenters. The lowest BCUT2D eigenvalue weighted by Crippen LogP contribution is -2.01. The molecule has 0 saturated heterocycles. The molecule has 0 aliphatic carbocycles. The van der Waals surface area contributed by atoms with Gasteiger partial charge in [0, 0.05) is 0 Å². The van der Waals surface area contributed by atoms with E-state index >= 15 is 0 Å². The van der Waals surface area contributed by atoms with Crippen LogP contribution in [0.3, 0.4) is 0 Å². The second kappa shape index (κ2) is 4.43. The Bertz CT molecular complexity index is 248. The molecule has 1 atom stereocenters. The van der Waals surface area contributed by atoms with E-state index in [2.05, 4.69) is 20.8 Å². The molecule has 0 aliphatic rings. The Morgan fingerprint density at radius 1 is 1.15 bits per heavy atom. The van der Waals surface area contributed by atoms with Crippen LogP contribution in [0.15, 0.2) is 24.3 Å². The average molecular weight is 178 g/mol. The van der Waals surface area contributed by atoms with Crippen molar-refractivity contribution >= 4 is 0 Å². The second-order valence-electron chi connectivity index (χ2n) is 4.06. The Kier molecular flexibility index (Phi) is 3.49. The second-order valence-corrected chi connectivity index (χ2v) is 4.06. The molecule has 1 heteroatoms. The van der Waals surface area contributed by atoms with Crippen molar-refractivity contribution in [3.05, 3.63) is 35.4 Å². The fourth-order valence-electron chi connectivity index (χ4n) is 1.37. The molecule has 0 spiro atoms. The van der Waals surface area contributed by atoms with Gasteiger partial charge >= 0.3 is 0 Å². The van der Waals surface area contributed by atoms with Gasteiger partial charge in [0.05, 0.1) is 6.10 Å². The summed E-state index contributed by atoms with van der Waals surface area (Å²) in [6.07, 6.45) is 0.531. The molecule has 0 aromatic heterocycles. The zero-order valence-corrected chi connectivity index (χ0v) is 8.62. The van der Waals surface area contributed by atoms with Crippen LogP contribution >= 0.6 is 0 Å². The van der Waals surface area contributed by atoms with E-state index in [0.29, 0.717) is 5.92 Å². The summed E-state index contributed by atoms with van der Waals surface area (Å²) in [5.41, 5.74) is 2.26. The van der Waals surface area contributed by atoms with Gasteiger partial charge in [0.1, 0.15) is 0 Å². The molecule has 0 radical (unpaired) electrons. The first-order valence-electron chi connectivity index (χ1n) is 4.84. The molecule has 0 saturated carbocycles. The lowest BCUT2D eigenvalue weighted by atomic mass is 9.99. The lowest BCUT2D eigenvalue weighted by Gasteiger charge is -2.13. The van der Waals surface area contributed by atoms with Crippen molar-refractivity contribution in [2.45, 2.75) is 33.3 Å². The molecule has 0 fully saturated rings. The van der Waals surface area contributed by atoms with Gasteiger partial charge in [-0.2, -0.15) is 0 Å². The van der Waals surface area contributed by atoms with Gasteiger partial charge in [0.2, 0.25) is 0 Å². The van der Waals surface area contributed by atoms with E-state index in [1.54, 1.807) is 0 Å². The van der Waals surface area contributed by atoms with Gasteiger partial charge < -0.3 is 5.11 Å². The molecular formula is C12H18O. The van der Waals surface area contributed by atoms with Crippen molar-refractivity contribution in [1.82, 2.24) is 0 Å². The molecule has 1 aromatic rings. The summed E-state index contributed by atoms with van der Waals surface area (Å²) >= 11 is 0. The van der Waals surface area contributed by atoms with Crippen LogP contribution < -0.4 is 0 Å². The van der Waals surface area contributed by atoms with Crippen molar-refractivity contribution in [3.63, 3.8) is 0 Å². The number of hydrogen-bond acceptors (Lipinski definition) is 1. The predicted molar refractivity (Wildman–Crippen MR) is 55.6 cm³/mol. The van der Waals surface area contributed by atoms with Crippen LogP contribution in [0, 0.1) is 12.8 Å². The van der Waals surface area contributed by atoms with Gasteiger partial charge in [-0.05, 0) is 24.8 Å². The monoisotopic (exact) mass is 178 g/mol. The molecule has 1 N–H and O–H groups in total. The third-order valence-electron chi connectivity index (χ3n) is 2.16. The Balaban J connectivity index is 2.66. The first kappa shape index (κ1) is 10.3. The fraction of sp³-hybridized carbons (Fsp3) is 0.500. The van der Waals surface area contributed by atoms with Crippen LogP contribution in [0.5, 0.6) is 0 Å². The van der Waals surface area contributed by atoms with Gasteiger partial charge in [-0.1, -0.05) is 43.7 Å². The first-order chi connectivity index (χ1) is 6.09. The van der Waals surface area contributed by atoms with Gasteiger partial charge in [0.15, 0.2) is 0 Å². The maximum atomic E-state index is 9.78. The first-order valence-corrected chi connectivity index (χ1v) is 4.84. The summed E-state index contributed by atoms with van der Waals surface area (Å²) in [5.74, 6) is 0.538. The smallest absolute Gasteiger partial charge is 0.0792 e. The minimum Gasteiger partial charge on any atom is -0.388 e. The molecule has 0 heterocycles. The molecule has 13 heavy (non-hydrogen) atoms. The Hall–Kier alpha value is -0.820. The topological polar surface area (TPSA) is 20.2 Å². The predicted octanol–water partition coefficient (Wildman–Crippen LogP) is 3.07. The maximum absolute atomic E-state index is 9.78. The summed E-state index contributed by atoms with van der Waals surface area (Å²) < 4.78 is 0. The van der Waals surface area contributed by atoms with Crippen LogP contribution in [0.25, 0.3) is 0 Å². The van der Waals surface area contributed by atoms with E-state index in [9.17, 15) is 5.11 Å². The van der Waals surface area contributed by atoms with Crippen LogP contribution in [-0.2, 0) is 0 Å². The van der Waals surface area contributed by atoms with E-state index in [1.807, 2.05) is 24.3 Å². The third kappa shape index (κ3) is 3.19. The van der Waals surface area contributed by atoms with Crippen molar-refractivity contribution < 1.29 is 5.11 Å². The number of aliphatic hydroxyl groups excluding tert-OH is 1. The van der Waals surface area contributed by atoms with Gasteiger partial charge in [-0.25, -0.2) is 0 Å². The van der Waals surface area contributed by atoms with Gasteiger partial charge in [0.25, 0.3) is 0 Å². The highest BCUT2D eigenvalue weighted by Crippen LogP contribution is 2.20. The normalized spacial score (nSPS) is 13.3. The summed E-state index contributed by atoms with van der Waals surface area (Å²) in [6, 6.07) is 8.09. The summed E-state index contributed by atoms with van der Waals surface area (Å²) in [7, 11) is 0. The quantitative estimate of drug-likeness (QED) is 0.754. The lowest BCUT2D eigenvalue weighted by molar-refractivity contribution is 0.151. The number of aliphatic hydroxyl groups is 1. The molecule has 1 nitrogen and oxygen atoms in total. The Morgan fingerprint density at radius 2 is 1.69 bits per heavy atom. The average Bonchev–Trinajstić information content (AvgIpc) is 2.04. The highest BCUT2D eigenvalue weighted by Gasteiger charge is 2.08.